The molecule has 3 aliphatic rings. The van der Waals surface area contributed by atoms with E-state index < -0.39 is 18.1 Å². The molecule has 1 aliphatic heterocycles. The fraction of sp³-hybridized carbons (Fsp3) is 0.423. The van der Waals surface area contributed by atoms with Crippen molar-refractivity contribution in [3.63, 3.8) is 0 Å². The van der Waals surface area contributed by atoms with Gasteiger partial charge in [0.25, 0.3) is 0 Å². The fourth-order valence-electron chi connectivity index (χ4n) is 5.45. The van der Waals surface area contributed by atoms with Crippen molar-refractivity contribution in [3.05, 3.63) is 59.7 Å². The topological polar surface area (TPSA) is 105 Å². The van der Waals surface area contributed by atoms with Gasteiger partial charge < -0.3 is 24.8 Å². The number of alkyl carbamates (subject to hydrolysis) is 1. The number of ether oxygens (including phenoxy) is 2. The highest BCUT2D eigenvalue weighted by molar-refractivity contribution is 5.86. The molecule has 34 heavy (non-hydrogen) atoms. The zero-order valence-electron chi connectivity index (χ0n) is 18.8. The van der Waals surface area contributed by atoms with Crippen molar-refractivity contribution in [2.45, 2.75) is 37.3 Å². The smallest absolute Gasteiger partial charge is 0.407 e. The van der Waals surface area contributed by atoms with Gasteiger partial charge in [0.1, 0.15) is 6.61 Å². The number of hydrogen-bond donors (Lipinski definition) is 2. The molecule has 2 amide bonds. The average molecular weight is 465 g/mol. The molecule has 2 aromatic rings. The van der Waals surface area contributed by atoms with Crippen LogP contribution in [0, 0.1) is 5.92 Å². The van der Waals surface area contributed by atoms with E-state index in [1.54, 1.807) is 0 Å². The van der Waals surface area contributed by atoms with Gasteiger partial charge in [-0.2, -0.15) is 0 Å². The third-order valence-corrected chi connectivity index (χ3v) is 7.14. The number of nitrogens with zero attached hydrogens (tertiary/aromatic N) is 1. The van der Waals surface area contributed by atoms with E-state index in [-0.39, 0.29) is 43.5 Å². The number of carboxylic acids is 1. The van der Waals surface area contributed by atoms with Crippen LogP contribution in [0.3, 0.4) is 0 Å². The summed E-state index contributed by atoms with van der Waals surface area (Å²) in [5, 5.41) is 12.3. The summed E-state index contributed by atoms with van der Waals surface area (Å²) in [6, 6.07) is 15.2. The highest BCUT2D eigenvalue weighted by Crippen LogP contribution is 2.44. The van der Waals surface area contributed by atoms with Gasteiger partial charge in [0.15, 0.2) is 6.04 Å². The largest absolute Gasteiger partial charge is 0.480 e. The number of rotatable bonds is 5. The van der Waals surface area contributed by atoms with E-state index in [1.807, 2.05) is 24.3 Å². The van der Waals surface area contributed by atoms with Crippen molar-refractivity contribution in [2.24, 2.45) is 5.92 Å². The number of nitrogens with one attached hydrogen (secondary N) is 1. The highest BCUT2D eigenvalue weighted by Gasteiger charge is 2.39. The van der Waals surface area contributed by atoms with E-state index in [0.717, 1.165) is 11.1 Å². The zero-order valence-corrected chi connectivity index (χ0v) is 18.8. The van der Waals surface area contributed by atoms with Crippen LogP contribution in [0.15, 0.2) is 48.5 Å². The van der Waals surface area contributed by atoms with E-state index >= 15 is 0 Å². The number of fused-ring (bicyclic) bond motifs is 3. The zero-order chi connectivity index (χ0) is 23.7. The Morgan fingerprint density at radius 1 is 1.03 bits per heavy atom. The molecule has 178 valence electrons. The third kappa shape index (κ3) is 4.25. The second kappa shape index (κ2) is 9.46. The van der Waals surface area contributed by atoms with E-state index in [1.165, 1.54) is 16.0 Å². The summed E-state index contributed by atoms with van der Waals surface area (Å²) in [6.45, 7) is 0.860. The van der Waals surface area contributed by atoms with Gasteiger partial charge in [0.05, 0.1) is 13.2 Å². The van der Waals surface area contributed by atoms with E-state index in [0.29, 0.717) is 25.9 Å². The monoisotopic (exact) mass is 464 g/mol. The lowest BCUT2D eigenvalue weighted by molar-refractivity contribution is -0.160. The molecule has 1 heterocycles. The molecule has 1 saturated heterocycles. The van der Waals surface area contributed by atoms with E-state index in [9.17, 15) is 19.5 Å². The van der Waals surface area contributed by atoms with Gasteiger partial charge in [-0.05, 0) is 41.5 Å². The minimum absolute atomic E-state index is 0.00896. The SMILES string of the molecule is O=C(NC1CCC(C(=O)N2CCOCC2C(=O)O)C1)OCC1c2ccccc2-c2ccccc21. The molecule has 0 spiro atoms. The average Bonchev–Trinajstić information content (AvgIpc) is 3.45. The molecule has 2 aromatic carbocycles. The minimum atomic E-state index is -1.06. The van der Waals surface area contributed by atoms with Gasteiger partial charge >= 0.3 is 12.1 Å². The Morgan fingerprint density at radius 2 is 1.71 bits per heavy atom. The van der Waals surface area contributed by atoms with Crippen LogP contribution in [-0.2, 0) is 19.1 Å². The van der Waals surface area contributed by atoms with Crippen LogP contribution in [0.1, 0.15) is 36.3 Å². The Kier molecular flexibility index (Phi) is 6.24. The number of benzene rings is 2. The maximum atomic E-state index is 12.9. The first-order valence-corrected chi connectivity index (χ1v) is 11.8. The van der Waals surface area contributed by atoms with Crippen LogP contribution in [-0.4, -0.2) is 66.4 Å². The van der Waals surface area contributed by atoms with Crippen LogP contribution in [0.25, 0.3) is 11.1 Å². The Labute approximate surface area is 197 Å². The molecule has 0 radical (unpaired) electrons. The first-order chi connectivity index (χ1) is 16.5. The molecular weight excluding hydrogens is 436 g/mol. The van der Waals surface area contributed by atoms with Crippen molar-refractivity contribution < 1.29 is 29.0 Å². The molecule has 3 unspecified atom stereocenters. The summed E-state index contributed by atoms with van der Waals surface area (Å²) in [6.07, 6.45) is 1.25. The first kappa shape index (κ1) is 22.4. The molecule has 2 fully saturated rings. The van der Waals surface area contributed by atoms with E-state index in [2.05, 4.69) is 29.6 Å². The van der Waals surface area contributed by atoms with Crippen LogP contribution in [0.4, 0.5) is 4.79 Å². The lowest BCUT2D eigenvalue weighted by atomic mass is 9.98. The van der Waals surface area contributed by atoms with Crippen LogP contribution in [0.5, 0.6) is 0 Å². The molecule has 0 bridgehead atoms. The van der Waals surface area contributed by atoms with E-state index in [4.69, 9.17) is 9.47 Å². The molecule has 8 nitrogen and oxygen atoms in total. The van der Waals surface area contributed by atoms with Crippen LogP contribution >= 0.6 is 0 Å². The summed E-state index contributed by atoms with van der Waals surface area (Å²) >= 11 is 0. The standard InChI is InChI=1S/C26H28N2O6/c29-24(28-11-12-33-15-23(28)25(30)31)16-9-10-17(13-16)27-26(32)34-14-22-20-7-3-1-5-18(20)19-6-2-4-8-21(19)22/h1-8,16-17,22-23H,9-15H2,(H,27,32)(H,30,31). The maximum Gasteiger partial charge on any atom is 0.407 e. The summed E-state index contributed by atoms with van der Waals surface area (Å²) in [5.41, 5.74) is 4.65. The molecule has 2 aliphatic carbocycles. The Balaban J connectivity index is 1.16. The molecule has 8 heteroatoms. The summed E-state index contributed by atoms with van der Waals surface area (Å²) in [5.74, 6) is -1.55. The first-order valence-electron chi connectivity index (χ1n) is 11.8. The van der Waals surface area contributed by atoms with Gasteiger partial charge in [-0.25, -0.2) is 9.59 Å². The molecular formula is C26H28N2O6. The summed E-state index contributed by atoms with van der Waals surface area (Å²) in [4.78, 5) is 38.4. The van der Waals surface area contributed by atoms with Gasteiger partial charge in [-0.1, -0.05) is 48.5 Å². The number of morpholine rings is 1. The quantitative estimate of drug-likeness (QED) is 0.705. The number of carbonyl (C=O) groups excluding carboxylic acids is 2. The van der Waals surface area contributed by atoms with Gasteiger partial charge in [-0.3, -0.25) is 4.79 Å². The Bertz CT molecular complexity index is 1060. The molecule has 5 rings (SSSR count). The number of carboxylic acid groups (broad SMARTS) is 1. The van der Waals surface area contributed by atoms with Gasteiger partial charge in [0.2, 0.25) is 5.91 Å². The molecule has 3 atom stereocenters. The second-order valence-electron chi connectivity index (χ2n) is 9.14. The Morgan fingerprint density at radius 3 is 2.38 bits per heavy atom. The van der Waals surface area contributed by atoms with Crippen molar-refractivity contribution in [1.82, 2.24) is 10.2 Å². The molecule has 2 N–H and O–H groups in total. The van der Waals surface area contributed by atoms with Crippen molar-refractivity contribution >= 4 is 18.0 Å². The lowest BCUT2D eigenvalue weighted by Gasteiger charge is -2.34. The second-order valence-corrected chi connectivity index (χ2v) is 9.14. The van der Waals surface area contributed by atoms with Crippen molar-refractivity contribution in [2.75, 3.05) is 26.4 Å². The fourth-order valence-corrected chi connectivity index (χ4v) is 5.45. The Hall–Kier alpha value is -3.39. The summed E-state index contributed by atoms with van der Waals surface area (Å²) in [7, 11) is 0. The third-order valence-electron chi connectivity index (χ3n) is 7.14. The number of aliphatic carboxylic acids is 1. The number of hydrogen-bond acceptors (Lipinski definition) is 5. The predicted molar refractivity (Wildman–Crippen MR) is 123 cm³/mol. The molecule has 1 saturated carbocycles. The van der Waals surface area contributed by atoms with Gasteiger partial charge in [0, 0.05) is 24.4 Å². The highest BCUT2D eigenvalue weighted by atomic mass is 16.5. The minimum Gasteiger partial charge on any atom is -0.480 e. The molecule has 0 aromatic heterocycles. The number of amides is 2. The lowest BCUT2D eigenvalue weighted by Crippen LogP contribution is -2.54. The van der Waals surface area contributed by atoms with Gasteiger partial charge in [-0.15, -0.1) is 0 Å². The van der Waals surface area contributed by atoms with Crippen LogP contribution in [0.2, 0.25) is 0 Å². The predicted octanol–water partition coefficient (Wildman–Crippen LogP) is 3.01. The summed E-state index contributed by atoms with van der Waals surface area (Å²) < 4.78 is 10.8. The normalized spacial score (nSPS) is 23.8. The van der Waals surface area contributed by atoms with Crippen molar-refractivity contribution in [1.29, 1.82) is 0 Å². The maximum absolute atomic E-state index is 12.9. The van der Waals surface area contributed by atoms with Crippen LogP contribution < -0.4 is 5.32 Å². The number of carbonyl (C=O) groups is 3. The van der Waals surface area contributed by atoms with Crippen molar-refractivity contribution in [3.8, 4) is 11.1 Å².